The lowest BCUT2D eigenvalue weighted by atomic mass is 10.2. The number of carbonyl (C=O) groups is 2. The van der Waals surface area contributed by atoms with Crippen LogP contribution in [0.1, 0.15) is 26.7 Å². The molecule has 0 aliphatic rings. The van der Waals surface area contributed by atoms with Crippen LogP contribution < -0.4 is 16.4 Å². The van der Waals surface area contributed by atoms with Crippen molar-refractivity contribution in [3.8, 4) is 0 Å². The highest BCUT2D eigenvalue weighted by Gasteiger charge is 2.16. The van der Waals surface area contributed by atoms with Gasteiger partial charge in [0.15, 0.2) is 5.58 Å². The first-order valence-electron chi connectivity index (χ1n) is 7.78. The smallest absolute Gasteiger partial charge is 0.408 e. The van der Waals surface area contributed by atoms with Gasteiger partial charge in [-0.1, -0.05) is 18.5 Å². The topological polar surface area (TPSA) is 93.3 Å². The lowest BCUT2D eigenvalue weighted by molar-refractivity contribution is -0.128. The van der Waals surface area contributed by atoms with Crippen LogP contribution in [0.15, 0.2) is 27.4 Å². The molecule has 1 aromatic carbocycles. The number of fused-ring (bicyclic) bond motifs is 1. The summed E-state index contributed by atoms with van der Waals surface area (Å²) in [5.74, 6) is -1.09. The van der Waals surface area contributed by atoms with Crippen LogP contribution in [0.4, 0.5) is 0 Å². The molecule has 1 atom stereocenters. The molecule has 2 rings (SSSR count). The zero-order valence-electron chi connectivity index (χ0n) is 13.6. The maximum atomic E-state index is 12.0. The largest absolute Gasteiger partial charge is 0.419 e. The van der Waals surface area contributed by atoms with E-state index in [2.05, 4.69) is 10.6 Å². The van der Waals surface area contributed by atoms with E-state index in [9.17, 15) is 14.4 Å². The Kier molecular flexibility index (Phi) is 6.03. The van der Waals surface area contributed by atoms with Gasteiger partial charge in [-0.3, -0.25) is 14.2 Å². The Hall–Kier alpha value is -2.28. The fourth-order valence-corrected chi connectivity index (χ4v) is 2.41. The van der Waals surface area contributed by atoms with Crippen molar-refractivity contribution < 1.29 is 14.0 Å². The Morgan fingerprint density at radius 3 is 2.83 bits per heavy atom. The predicted octanol–water partition coefficient (Wildman–Crippen LogP) is 1.67. The summed E-state index contributed by atoms with van der Waals surface area (Å²) in [5.41, 5.74) is 0.950. The summed E-state index contributed by atoms with van der Waals surface area (Å²) in [7, 11) is 0. The van der Waals surface area contributed by atoms with Crippen LogP contribution in [-0.4, -0.2) is 29.0 Å². The SMILES string of the molecule is CCCNC(=O)[C@H](C)NC(=O)CCn1c(=O)oc2cc(Cl)ccc21. The molecule has 1 aromatic heterocycles. The van der Waals surface area contributed by atoms with Crippen molar-refractivity contribution in [2.45, 2.75) is 39.3 Å². The Balaban J connectivity index is 1.96. The number of halogens is 1. The molecule has 0 saturated carbocycles. The summed E-state index contributed by atoms with van der Waals surface area (Å²) >= 11 is 5.86. The van der Waals surface area contributed by atoms with Crippen LogP contribution >= 0.6 is 11.6 Å². The second kappa shape index (κ2) is 8.01. The number of oxazole rings is 1. The summed E-state index contributed by atoms with van der Waals surface area (Å²) in [6.45, 7) is 4.29. The van der Waals surface area contributed by atoms with Gasteiger partial charge in [0.05, 0.1) is 5.52 Å². The van der Waals surface area contributed by atoms with Crippen LogP contribution in [-0.2, 0) is 16.1 Å². The number of nitrogens with zero attached hydrogens (tertiary/aromatic N) is 1. The molecule has 0 aliphatic heterocycles. The Morgan fingerprint density at radius 2 is 2.12 bits per heavy atom. The van der Waals surface area contributed by atoms with Crippen LogP contribution in [0.25, 0.3) is 11.1 Å². The molecule has 8 heteroatoms. The minimum atomic E-state index is -0.624. The van der Waals surface area contributed by atoms with E-state index in [1.54, 1.807) is 25.1 Å². The number of hydrogen-bond donors (Lipinski definition) is 2. The monoisotopic (exact) mass is 353 g/mol. The summed E-state index contributed by atoms with van der Waals surface area (Å²) in [5, 5.41) is 5.78. The predicted molar refractivity (Wildman–Crippen MR) is 91.0 cm³/mol. The van der Waals surface area contributed by atoms with Crippen molar-refractivity contribution in [3.63, 3.8) is 0 Å². The van der Waals surface area contributed by atoms with E-state index in [1.165, 1.54) is 4.57 Å². The maximum absolute atomic E-state index is 12.0. The van der Waals surface area contributed by atoms with Crippen LogP contribution in [0.3, 0.4) is 0 Å². The van der Waals surface area contributed by atoms with Gasteiger partial charge in [-0.15, -0.1) is 0 Å². The molecule has 0 unspecified atom stereocenters. The molecule has 0 aliphatic carbocycles. The molecule has 2 aromatic rings. The number of aromatic nitrogens is 1. The van der Waals surface area contributed by atoms with Gasteiger partial charge in [-0.25, -0.2) is 4.79 Å². The molecule has 0 bridgehead atoms. The lowest BCUT2D eigenvalue weighted by Gasteiger charge is -2.13. The van der Waals surface area contributed by atoms with Gasteiger partial charge in [0, 0.05) is 30.6 Å². The molecule has 1 heterocycles. The van der Waals surface area contributed by atoms with E-state index in [0.717, 1.165) is 6.42 Å². The van der Waals surface area contributed by atoms with Crippen molar-refractivity contribution in [1.82, 2.24) is 15.2 Å². The van der Waals surface area contributed by atoms with Crippen LogP contribution in [0.5, 0.6) is 0 Å². The van der Waals surface area contributed by atoms with Gasteiger partial charge < -0.3 is 15.1 Å². The first-order chi connectivity index (χ1) is 11.4. The normalized spacial score (nSPS) is 12.1. The molecule has 0 fully saturated rings. The van der Waals surface area contributed by atoms with Crippen LogP contribution in [0, 0.1) is 0 Å². The molecular formula is C16H20ClN3O4. The fourth-order valence-electron chi connectivity index (χ4n) is 2.25. The number of rotatable bonds is 7. The van der Waals surface area contributed by atoms with Crippen LogP contribution in [0.2, 0.25) is 5.02 Å². The Morgan fingerprint density at radius 1 is 1.38 bits per heavy atom. The van der Waals surface area contributed by atoms with Crippen molar-refractivity contribution in [3.05, 3.63) is 33.8 Å². The van der Waals surface area contributed by atoms with E-state index in [4.69, 9.17) is 16.0 Å². The van der Waals surface area contributed by atoms with E-state index in [1.807, 2.05) is 6.92 Å². The average Bonchev–Trinajstić information content (AvgIpc) is 2.84. The van der Waals surface area contributed by atoms with Gasteiger partial charge >= 0.3 is 5.76 Å². The number of carbonyl (C=O) groups excluding carboxylic acids is 2. The molecule has 0 spiro atoms. The number of amides is 2. The molecule has 130 valence electrons. The Bertz CT molecular complexity index is 796. The number of aryl methyl sites for hydroxylation is 1. The quantitative estimate of drug-likeness (QED) is 0.791. The third-order valence-corrected chi connectivity index (χ3v) is 3.75. The molecule has 0 radical (unpaired) electrons. The zero-order chi connectivity index (χ0) is 17.7. The summed E-state index contributed by atoms with van der Waals surface area (Å²) in [6, 6.07) is 4.24. The average molecular weight is 354 g/mol. The standard InChI is InChI=1S/C16H20ClN3O4/c1-3-7-18-15(22)10(2)19-14(21)6-8-20-12-5-4-11(17)9-13(12)24-16(20)23/h4-5,9-10H,3,6-8H2,1-2H3,(H,18,22)(H,19,21)/t10-/m0/s1. The van der Waals surface area contributed by atoms with E-state index in [-0.39, 0.29) is 24.8 Å². The summed E-state index contributed by atoms with van der Waals surface area (Å²) in [4.78, 5) is 35.6. The minimum absolute atomic E-state index is 0.0581. The van der Waals surface area contributed by atoms with Crippen molar-refractivity contribution >= 4 is 34.5 Å². The highest BCUT2D eigenvalue weighted by Crippen LogP contribution is 2.18. The number of nitrogens with one attached hydrogen (secondary N) is 2. The highest BCUT2D eigenvalue weighted by molar-refractivity contribution is 6.31. The van der Waals surface area contributed by atoms with Gasteiger partial charge in [0.2, 0.25) is 11.8 Å². The van der Waals surface area contributed by atoms with E-state index >= 15 is 0 Å². The van der Waals surface area contributed by atoms with Gasteiger partial charge in [-0.2, -0.15) is 0 Å². The Labute approximate surface area is 144 Å². The molecule has 2 N–H and O–H groups in total. The highest BCUT2D eigenvalue weighted by atomic mass is 35.5. The first-order valence-corrected chi connectivity index (χ1v) is 8.16. The molecule has 24 heavy (non-hydrogen) atoms. The fraction of sp³-hybridized carbons (Fsp3) is 0.438. The second-order valence-corrected chi connectivity index (χ2v) is 5.90. The van der Waals surface area contributed by atoms with Crippen molar-refractivity contribution in [2.24, 2.45) is 0 Å². The number of hydrogen-bond acceptors (Lipinski definition) is 4. The second-order valence-electron chi connectivity index (χ2n) is 5.46. The third-order valence-electron chi connectivity index (χ3n) is 3.51. The van der Waals surface area contributed by atoms with Crippen molar-refractivity contribution in [2.75, 3.05) is 6.54 Å². The molecule has 7 nitrogen and oxygen atoms in total. The molecular weight excluding hydrogens is 334 g/mol. The zero-order valence-corrected chi connectivity index (χ0v) is 14.4. The minimum Gasteiger partial charge on any atom is -0.408 e. The van der Waals surface area contributed by atoms with E-state index < -0.39 is 11.8 Å². The number of benzene rings is 1. The summed E-state index contributed by atoms with van der Waals surface area (Å²) < 4.78 is 6.47. The molecule has 0 saturated heterocycles. The first kappa shape index (κ1) is 18.1. The molecule has 2 amide bonds. The van der Waals surface area contributed by atoms with Gasteiger partial charge in [0.25, 0.3) is 0 Å². The summed E-state index contributed by atoms with van der Waals surface area (Å²) in [6.07, 6.45) is 0.884. The van der Waals surface area contributed by atoms with E-state index in [0.29, 0.717) is 22.7 Å². The lowest BCUT2D eigenvalue weighted by Crippen LogP contribution is -2.45. The maximum Gasteiger partial charge on any atom is 0.419 e. The van der Waals surface area contributed by atoms with Gasteiger partial charge in [-0.05, 0) is 25.5 Å². The van der Waals surface area contributed by atoms with Gasteiger partial charge in [0.1, 0.15) is 6.04 Å². The van der Waals surface area contributed by atoms with Crippen molar-refractivity contribution in [1.29, 1.82) is 0 Å². The third kappa shape index (κ3) is 4.38.